The molecule has 0 aliphatic carbocycles. The van der Waals surface area contributed by atoms with Crippen LogP contribution in [0.2, 0.25) is 0 Å². The molecule has 1 amide bonds. The SMILES string of the molecule is CN1CC(C(N)=O)C1.Cl. The van der Waals surface area contributed by atoms with E-state index in [1.165, 1.54) is 0 Å². The van der Waals surface area contributed by atoms with Crippen molar-refractivity contribution < 1.29 is 4.79 Å². The minimum Gasteiger partial charge on any atom is -0.369 e. The summed E-state index contributed by atoms with van der Waals surface area (Å²) < 4.78 is 0. The summed E-state index contributed by atoms with van der Waals surface area (Å²) in [5.41, 5.74) is 4.99. The Morgan fingerprint density at radius 2 is 2.11 bits per heavy atom. The van der Waals surface area contributed by atoms with Crippen LogP contribution in [0, 0.1) is 5.92 Å². The van der Waals surface area contributed by atoms with Gasteiger partial charge in [0.15, 0.2) is 0 Å². The van der Waals surface area contributed by atoms with E-state index < -0.39 is 0 Å². The third-order valence-corrected chi connectivity index (χ3v) is 1.47. The summed E-state index contributed by atoms with van der Waals surface area (Å²) in [6, 6.07) is 0. The molecule has 0 aromatic carbocycles. The fraction of sp³-hybridized carbons (Fsp3) is 0.800. The first kappa shape index (κ1) is 8.72. The Kier molecular flexibility index (Phi) is 2.94. The zero-order valence-corrected chi connectivity index (χ0v) is 6.15. The van der Waals surface area contributed by atoms with Crippen molar-refractivity contribution in [1.82, 2.24) is 4.90 Å². The van der Waals surface area contributed by atoms with Crippen LogP contribution in [0.4, 0.5) is 0 Å². The summed E-state index contributed by atoms with van der Waals surface area (Å²) in [5.74, 6) is -0.0388. The molecular weight excluding hydrogens is 140 g/mol. The maximum atomic E-state index is 10.3. The molecule has 0 unspecified atom stereocenters. The van der Waals surface area contributed by atoms with Crippen LogP contribution in [0.25, 0.3) is 0 Å². The lowest BCUT2D eigenvalue weighted by molar-refractivity contribution is -0.126. The number of hydrogen-bond acceptors (Lipinski definition) is 2. The largest absolute Gasteiger partial charge is 0.369 e. The molecule has 0 radical (unpaired) electrons. The van der Waals surface area contributed by atoms with Gasteiger partial charge in [-0.2, -0.15) is 0 Å². The predicted molar refractivity (Wildman–Crippen MR) is 37.4 cm³/mol. The van der Waals surface area contributed by atoms with E-state index in [0.29, 0.717) is 0 Å². The Hall–Kier alpha value is -0.280. The van der Waals surface area contributed by atoms with E-state index >= 15 is 0 Å². The molecule has 0 aromatic rings. The van der Waals surface area contributed by atoms with Gasteiger partial charge < -0.3 is 10.6 Å². The van der Waals surface area contributed by atoms with Crippen LogP contribution in [0.5, 0.6) is 0 Å². The molecule has 1 rings (SSSR count). The number of nitrogens with two attached hydrogens (primary N) is 1. The summed E-state index contributed by atoms with van der Waals surface area (Å²) >= 11 is 0. The molecule has 1 heterocycles. The quantitative estimate of drug-likeness (QED) is 0.546. The van der Waals surface area contributed by atoms with Gasteiger partial charge in [0.25, 0.3) is 0 Å². The van der Waals surface area contributed by atoms with Gasteiger partial charge in [0.05, 0.1) is 5.92 Å². The highest BCUT2D eigenvalue weighted by molar-refractivity contribution is 5.85. The van der Waals surface area contributed by atoms with E-state index in [2.05, 4.69) is 4.90 Å². The van der Waals surface area contributed by atoms with Gasteiger partial charge >= 0.3 is 0 Å². The lowest BCUT2D eigenvalue weighted by atomic mass is 10.0. The molecule has 1 aliphatic rings. The van der Waals surface area contributed by atoms with Crippen molar-refractivity contribution in [3.05, 3.63) is 0 Å². The fourth-order valence-corrected chi connectivity index (χ4v) is 0.879. The maximum absolute atomic E-state index is 10.3. The van der Waals surface area contributed by atoms with Crippen molar-refractivity contribution in [2.24, 2.45) is 11.7 Å². The van der Waals surface area contributed by atoms with Crippen LogP contribution in [0.3, 0.4) is 0 Å². The molecule has 0 saturated carbocycles. The summed E-state index contributed by atoms with van der Waals surface area (Å²) in [6.07, 6.45) is 0. The lowest BCUT2D eigenvalue weighted by Gasteiger charge is -2.33. The van der Waals surface area contributed by atoms with Gasteiger partial charge in [-0.3, -0.25) is 4.79 Å². The van der Waals surface area contributed by atoms with Gasteiger partial charge in [0, 0.05) is 13.1 Å². The molecule has 3 nitrogen and oxygen atoms in total. The smallest absolute Gasteiger partial charge is 0.223 e. The number of nitrogens with zero attached hydrogens (tertiary/aromatic N) is 1. The monoisotopic (exact) mass is 150 g/mol. The van der Waals surface area contributed by atoms with E-state index in [0.717, 1.165) is 13.1 Å². The number of likely N-dealkylation sites (tertiary alicyclic amines) is 1. The number of halogens is 1. The summed E-state index contributed by atoms with van der Waals surface area (Å²) in [5, 5.41) is 0. The van der Waals surface area contributed by atoms with Crippen LogP contribution in [0.15, 0.2) is 0 Å². The lowest BCUT2D eigenvalue weighted by Crippen LogP contribution is -2.50. The molecule has 4 heteroatoms. The number of amides is 1. The molecule has 1 aliphatic heterocycles. The molecule has 9 heavy (non-hydrogen) atoms. The Labute approximate surface area is 60.6 Å². The first-order chi connectivity index (χ1) is 3.70. The van der Waals surface area contributed by atoms with E-state index in [-0.39, 0.29) is 24.2 Å². The third-order valence-electron chi connectivity index (χ3n) is 1.47. The molecule has 54 valence electrons. The molecule has 0 aromatic heterocycles. The number of carbonyl (C=O) groups excluding carboxylic acids is 1. The van der Waals surface area contributed by atoms with E-state index in [9.17, 15) is 4.79 Å². The zero-order valence-electron chi connectivity index (χ0n) is 5.33. The van der Waals surface area contributed by atoms with Crippen molar-refractivity contribution >= 4 is 18.3 Å². The summed E-state index contributed by atoms with van der Waals surface area (Å²) in [6.45, 7) is 1.69. The molecular formula is C5H11ClN2O. The van der Waals surface area contributed by atoms with Gasteiger partial charge in [-0.1, -0.05) is 0 Å². The molecule has 1 fully saturated rings. The predicted octanol–water partition coefficient (Wildman–Crippen LogP) is -0.545. The van der Waals surface area contributed by atoms with Crippen LogP contribution in [-0.2, 0) is 4.79 Å². The number of hydrogen-bond donors (Lipinski definition) is 1. The van der Waals surface area contributed by atoms with Gasteiger partial charge in [0.2, 0.25) is 5.91 Å². The molecule has 2 N–H and O–H groups in total. The number of primary amides is 1. The van der Waals surface area contributed by atoms with Gasteiger partial charge in [-0.15, -0.1) is 12.4 Å². The van der Waals surface area contributed by atoms with Gasteiger partial charge in [0.1, 0.15) is 0 Å². The molecule has 0 atom stereocenters. The standard InChI is InChI=1S/C5H10N2O.ClH/c1-7-2-4(3-7)5(6)8;/h4H,2-3H2,1H3,(H2,6,8);1H. The molecule has 1 saturated heterocycles. The van der Waals surface area contributed by atoms with Crippen molar-refractivity contribution in [1.29, 1.82) is 0 Å². The fourth-order valence-electron chi connectivity index (χ4n) is 0.879. The summed E-state index contributed by atoms with van der Waals surface area (Å²) in [7, 11) is 1.97. The van der Waals surface area contributed by atoms with Crippen LogP contribution in [-0.4, -0.2) is 30.9 Å². The topological polar surface area (TPSA) is 46.3 Å². The second-order valence-electron chi connectivity index (χ2n) is 2.32. The van der Waals surface area contributed by atoms with Crippen molar-refractivity contribution in [2.75, 3.05) is 20.1 Å². The first-order valence-corrected chi connectivity index (χ1v) is 2.68. The van der Waals surface area contributed by atoms with E-state index in [1.807, 2.05) is 7.05 Å². The average Bonchev–Trinajstić information content (AvgIpc) is 1.57. The number of rotatable bonds is 1. The first-order valence-electron chi connectivity index (χ1n) is 2.68. The minimum atomic E-state index is -0.164. The van der Waals surface area contributed by atoms with Crippen molar-refractivity contribution in [3.8, 4) is 0 Å². The van der Waals surface area contributed by atoms with Crippen LogP contribution < -0.4 is 5.73 Å². The Morgan fingerprint density at radius 1 is 1.67 bits per heavy atom. The Bertz CT molecular complexity index is 112. The Morgan fingerprint density at radius 3 is 2.22 bits per heavy atom. The highest BCUT2D eigenvalue weighted by Gasteiger charge is 2.27. The molecule has 0 bridgehead atoms. The zero-order chi connectivity index (χ0) is 6.15. The second-order valence-corrected chi connectivity index (χ2v) is 2.32. The highest BCUT2D eigenvalue weighted by atomic mass is 35.5. The van der Waals surface area contributed by atoms with Gasteiger partial charge in [-0.05, 0) is 7.05 Å². The van der Waals surface area contributed by atoms with Crippen LogP contribution in [0.1, 0.15) is 0 Å². The van der Waals surface area contributed by atoms with Gasteiger partial charge in [-0.25, -0.2) is 0 Å². The summed E-state index contributed by atoms with van der Waals surface area (Å²) in [4.78, 5) is 12.4. The minimum absolute atomic E-state index is 0. The molecule has 0 spiro atoms. The normalized spacial score (nSPS) is 20.1. The highest BCUT2D eigenvalue weighted by Crippen LogP contribution is 2.10. The average molecular weight is 151 g/mol. The van der Waals surface area contributed by atoms with E-state index in [1.54, 1.807) is 0 Å². The maximum Gasteiger partial charge on any atom is 0.223 e. The Balaban J connectivity index is 0.000000640. The van der Waals surface area contributed by atoms with Crippen molar-refractivity contribution in [2.45, 2.75) is 0 Å². The van der Waals surface area contributed by atoms with Crippen molar-refractivity contribution in [3.63, 3.8) is 0 Å². The third kappa shape index (κ3) is 1.84. The van der Waals surface area contributed by atoms with Crippen LogP contribution >= 0.6 is 12.4 Å². The second kappa shape index (κ2) is 3.03. The number of carbonyl (C=O) groups is 1. The van der Waals surface area contributed by atoms with E-state index in [4.69, 9.17) is 5.73 Å².